The molecule has 1 aromatic heterocycles. The first-order chi connectivity index (χ1) is 11.6. The van der Waals surface area contributed by atoms with Crippen LogP contribution in [0.2, 0.25) is 0 Å². The van der Waals surface area contributed by atoms with Crippen LogP contribution < -0.4 is 0 Å². The number of amides is 1. The number of hydrogen-bond donors (Lipinski definition) is 0. The van der Waals surface area contributed by atoms with Crippen molar-refractivity contribution in [2.75, 3.05) is 39.3 Å². The fourth-order valence-corrected chi connectivity index (χ4v) is 5.72. The molecule has 134 valence electrons. The van der Waals surface area contributed by atoms with Crippen LogP contribution in [0.4, 0.5) is 0 Å². The van der Waals surface area contributed by atoms with Gasteiger partial charge in [-0.25, -0.2) is 0 Å². The van der Waals surface area contributed by atoms with Gasteiger partial charge in [-0.2, -0.15) is 17.0 Å². The number of thiophene rings is 1. The average Bonchev–Trinajstić information content (AvgIpc) is 2.96. The fraction of sp³-hybridized carbons (Fsp3) is 0.688. The van der Waals surface area contributed by atoms with Crippen molar-refractivity contribution in [3.05, 3.63) is 22.4 Å². The molecule has 0 bridgehead atoms. The maximum absolute atomic E-state index is 12.8. The highest BCUT2D eigenvalue weighted by molar-refractivity contribution is 7.86. The van der Waals surface area contributed by atoms with Crippen molar-refractivity contribution in [1.82, 2.24) is 13.5 Å². The van der Waals surface area contributed by atoms with E-state index in [9.17, 15) is 13.2 Å². The van der Waals surface area contributed by atoms with E-state index < -0.39 is 10.2 Å². The monoisotopic (exact) mass is 371 g/mol. The van der Waals surface area contributed by atoms with Gasteiger partial charge in [-0.3, -0.25) is 4.79 Å². The third-order valence-electron chi connectivity index (χ3n) is 4.68. The molecule has 0 atom stereocenters. The molecule has 1 aromatic rings. The van der Waals surface area contributed by atoms with Crippen LogP contribution >= 0.6 is 11.3 Å². The molecule has 0 radical (unpaired) electrons. The first kappa shape index (κ1) is 17.8. The highest BCUT2D eigenvalue weighted by Crippen LogP contribution is 2.19. The summed E-state index contributed by atoms with van der Waals surface area (Å²) in [6, 6.07) is 3.91. The SMILES string of the molecule is O=C(Cc1cccs1)N1CCCN(S(=O)(=O)N2CCCCC2)CC1. The summed E-state index contributed by atoms with van der Waals surface area (Å²) >= 11 is 1.58. The molecule has 0 aliphatic carbocycles. The van der Waals surface area contributed by atoms with Crippen molar-refractivity contribution in [1.29, 1.82) is 0 Å². The summed E-state index contributed by atoms with van der Waals surface area (Å²) in [6.07, 6.45) is 4.10. The maximum Gasteiger partial charge on any atom is 0.282 e. The van der Waals surface area contributed by atoms with E-state index in [1.54, 1.807) is 19.9 Å². The molecule has 6 nitrogen and oxygen atoms in total. The first-order valence-electron chi connectivity index (χ1n) is 8.63. The Morgan fingerprint density at radius 3 is 2.38 bits per heavy atom. The number of carbonyl (C=O) groups is 1. The highest BCUT2D eigenvalue weighted by atomic mass is 32.2. The van der Waals surface area contributed by atoms with Crippen LogP contribution in [0, 0.1) is 0 Å². The molecule has 0 aromatic carbocycles. The molecule has 24 heavy (non-hydrogen) atoms. The fourth-order valence-electron chi connectivity index (χ4n) is 3.31. The Morgan fingerprint density at radius 2 is 1.67 bits per heavy atom. The van der Waals surface area contributed by atoms with Crippen LogP contribution in [0.3, 0.4) is 0 Å². The lowest BCUT2D eigenvalue weighted by Gasteiger charge is -2.31. The normalized spacial score (nSPS) is 21.6. The molecular weight excluding hydrogens is 346 g/mol. The van der Waals surface area contributed by atoms with Gasteiger partial charge in [0.1, 0.15) is 0 Å². The van der Waals surface area contributed by atoms with Crippen molar-refractivity contribution in [3.63, 3.8) is 0 Å². The topological polar surface area (TPSA) is 60.9 Å². The van der Waals surface area contributed by atoms with E-state index in [-0.39, 0.29) is 5.91 Å². The smallest absolute Gasteiger partial charge is 0.282 e. The van der Waals surface area contributed by atoms with Gasteiger partial charge in [0.2, 0.25) is 5.91 Å². The molecule has 0 spiro atoms. The maximum atomic E-state index is 12.8. The quantitative estimate of drug-likeness (QED) is 0.807. The summed E-state index contributed by atoms with van der Waals surface area (Å²) in [5, 5.41) is 1.97. The molecule has 1 amide bonds. The number of carbonyl (C=O) groups excluding carboxylic acids is 1. The lowest BCUT2D eigenvalue weighted by Crippen LogP contribution is -2.47. The minimum atomic E-state index is -3.38. The molecule has 2 aliphatic rings. The van der Waals surface area contributed by atoms with Crippen molar-refractivity contribution in [3.8, 4) is 0 Å². The molecule has 8 heteroatoms. The number of piperidine rings is 1. The molecule has 3 heterocycles. The third-order valence-corrected chi connectivity index (χ3v) is 7.59. The molecule has 0 saturated carbocycles. The average molecular weight is 372 g/mol. The van der Waals surface area contributed by atoms with E-state index in [0.717, 1.165) is 24.1 Å². The first-order valence-corrected chi connectivity index (χ1v) is 10.9. The van der Waals surface area contributed by atoms with Crippen molar-refractivity contribution >= 4 is 27.5 Å². The van der Waals surface area contributed by atoms with Crippen molar-refractivity contribution < 1.29 is 13.2 Å². The van der Waals surface area contributed by atoms with E-state index in [1.165, 1.54) is 0 Å². The molecular formula is C16H25N3O3S2. The van der Waals surface area contributed by atoms with E-state index in [0.29, 0.717) is 52.1 Å². The molecule has 3 rings (SSSR count). The number of nitrogens with zero attached hydrogens (tertiary/aromatic N) is 3. The van der Waals surface area contributed by atoms with Crippen molar-refractivity contribution in [2.45, 2.75) is 32.1 Å². The predicted molar refractivity (Wildman–Crippen MR) is 95.1 cm³/mol. The Hall–Kier alpha value is -0.960. The van der Waals surface area contributed by atoms with E-state index >= 15 is 0 Å². The minimum Gasteiger partial charge on any atom is -0.341 e. The zero-order chi connectivity index (χ0) is 17.0. The molecule has 0 unspecified atom stereocenters. The Balaban J connectivity index is 1.59. The Labute approximate surface area is 148 Å². The lowest BCUT2D eigenvalue weighted by molar-refractivity contribution is -0.130. The van der Waals surface area contributed by atoms with Crippen LogP contribution in [0.15, 0.2) is 17.5 Å². The van der Waals surface area contributed by atoms with E-state index in [4.69, 9.17) is 0 Å². The van der Waals surface area contributed by atoms with Gasteiger partial charge in [0, 0.05) is 44.1 Å². The van der Waals surface area contributed by atoms with E-state index in [1.807, 2.05) is 22.4 Å². The van der Waals surface area contributed by atoms with Gasteiger partial charge in [-0.15, -0.1) is 11.3 Å². The van der Waals surface area contributed by atoms with Gasteiger partial charge in [-0.05, 0) is 30.7 Å². The second kappa shape index (κ2) is 7.95. The van der Waals surface area contributed by atoms with Crippen LogP contribution in [0.25, 0.3) is 0 Å². The standard InChI is InChI=1S/C16H25N3O3S2/c20-16(14-15-6-4-13-23-15)17-7-5-10-19(12-11-17)24(21,22)18-8-2-1-3-9-18/h4,6,13H,1-3,5,7-12,14H2. The second-order valence-corrected chi connectivity index (χ2v) is 9.32. The second-order valence-electron chi connectivity index (χ2n) is 6.36. The van der Waals surface area contributed by atoms with Gasteiger partial charge < -0.3 is 4.90 Å². The molecule has 0 N–H and O–H groups in total. The van der Waals surface area contributed by atoms with Crippen LogP contribution in [0.5, 0.6) is 0 Å². The number of hydrogen-bond acceptors (Lipinski definition) is 4. The molecule has 2 saturated heterocycles. The Morgan fingerprint density at radius 1 is 0.958 bits per heavy atom. The summed E-state index contributed by atoms with van der Waals surface area (Å²) < 4.78 is 28.7. The van der Waals surface area contributed by atoms with Gasteiger partial charge in [-0.1, -0.05) is 12.5 Å². The molecule has 2 fully saturated rings. The van der Waals surface area contributed by atoms with Gasteiger partial charge >= 0.3 is 0 Å². The minimum absolute atomic E-state index is 0.0923. The molecule has 2 aliphatic heterocycles. The summed E-state index contributed by atoms with van der Waals surface area (Å²) in [7, 11) is -3.38. The third kappa shape index (κ3) is 4.17. The van der Waals surface area contributed by atoms with Crippen LogP contribution in [0.1, 0.15) is 30.6 Å². The van der Waals surface area contributed by atoms with Gasteiger partial charge in [0.15, 0.2) is 0 Å². The zero-order valence-corrected chi connectivity index (χ0v) is 15.5. The zero-order valence-electron chi connectivity index (χ0n) is 13.9. The summed E-state index contributed by atoms with van der Waals surface area (Å²) in [5.74, 6) is 0.0923. The summed E-state index contributed by atoms with van der Waals surface area (Å²) in [5.41, 5.74) is 0. The van der Waals surface area contributed by atoms with Crippen LogP contribution in [-0.2, 0) is 21.4 Å². The van der Waals surface area contributed by atoms with E-state index in [2.05, 4.69) is 0 Å². The summed E-state index contributed by atoms with van der Waals surface area (Å²) in [6.45, 7) is 3.27. The Bertz CT molecular complexity index is 640. The van der Waals surface area contributed by atoms with Crippen LogP contribution in [-0.4, -0.2) is 67.1 Å². The number of rotatable bonds is 4. The highest BCUT2D eigenvalue weighted by Gasteiger charge is 2.32. The lowest BCUT2D eigenvalue weighted by atomic mass is 10.2. The van der Waals surface area contributed by atoms with Crippen molar-refractivity contribution in [2.24, 2.45) is 0 Å². The Kier molecular flexibility index (Phi) is 5.91. The largest absolute Gasteiger partial charge is 0.341 e. The van der Waals surface area contributed by atoms with Gasteiger partial charge in [0.05, 0.1) is 6.42 Å². The summed E-state index contributed by atoms with van der Waals surface area (Å²) in [4.78, 5) is 15.3. The van der Waals surface area contributed by atoms with Gasteiger partial charge in [0.25, 0.3) is 10.2 Å². The predicted octanol–water partition coefficient (Wildman–Crippen LogP) is 1.56.